The van der Waals surface area contributed by atoms with Gasteiger partial charge in [0.05, 0.1) is 0 Å². The number of rotatable bonds is 2. The highest BCUT2D eigenvalue weighted by atomic mass is 79.9. The molecule has 4 heteroatoms. The molecule has 2 atom stereocenters. The number of hydrogen-bond acceptors (Lipinski definition) is 2. The number of ether oxygens (including phenoxy) is 1. The van der Waals surface area contributed by atoms with Crippen LogP contribution in [0.5, 0.6) is 5.75 Å². The Morgan fingerprint density at radius 2 is 2.40 bits per heavy atom. The van der Waals surface area contributed by atoms with Crippen LogP contribution < -0.4 is 4.74 Å². The normalized spacial score (nSPS) is 21.7. The highest BCUT2D eigenvalue weighted by molar-refractivity contribution is 9.09. The number of hydrogen-bond donors (Lipinski definition) is 1. The van der Waals surface area contributed by atoms with Gasteiger partial charge in [-0.15, -0.1) is 0 Å². The molecule has 15 heavy (non-hydrogen) atoms. The Morgan fingerprint density at radius 1 is 1.60 bits per heavy atom. The minimum absolute atomic E-state index is 0.192. The van der Waals surface area contributed by atoms with Gasteiger partial charge in [-0.25, -0.2) is 4.39 Å². The summed E-state index contributed by atoms with van der Waals surface area (Å²) in [5.74, 6) is 0.449. The Balaban J connectivity index is 2.16. The third kappa shape index (κ3) is 2.32. The quantitative estimate of drug-likeness (QED) is 0.839. The van der Waals surface area contributed by atoms with E-state index >= 15 is 0 Å². The van der Waals surface area contributed by atoms with Crippen molar-refractivity contribution in [1.29, 1.82) is 0 Å². The maximum atomic E-state index is 12.9. The zero-order valence-electron chi connectivity index (χ0n) is 8.12. The van der Waals surface area contributed by atoms with Gasteiger partial charge in [-0.3, -0.25) is 0 Å². The Morgan fingerprint density at radius 3 is 3.13 bits per heavy atom. The average molecular weight is 275 g/mol. The van der Waals surface area contributed by atoms with E-state index in [-0.39, 0.29) is 11.9 Å². The molecule has 0 radical (unpaired) electrons. The van der Waals surface area contributed by atoms with Crippen LogP contribution in [0.15, 0.2) is 18.2 Å². The number of halogens is 2. The van der Waals surface area contributed by atoms with Gasteiger partial charge in [0.2, 0.25) is 0 Å². The van der Waals surface area contributed by atoms with Gasteiger partial charge in [0.1, 0.15) is 23.8 Å². The van der Waals surface area contributed by atoms with Crippen molar-refractivity contribution in [1.82, 2.24) is 0 Å². The molecule has 0 bridgehead atoms. The van der Waals surface area contributed by atoms with Crippen molar-refractivity contribution >= 4 is 15.9 Å². The van der Waals surface area contributed by atoms with Gasteiger partial charge in [-0.1, -0.05) is 15.9 Å². The zero-order valence-corrected chi connectivity index (χ0v) is 9.71. The van der Waals surface area contributed by atoms with Crippen LogP contribution in [0.2, 0.25) is 0 Å². The van der Waals surface area contributed by atoms with Gasteiger partial charge >= 0.3 is 0 Å². The third-order valence-electron chi connectivity index (χ3n) is 2.59. The fourth-order valence-electron chi connectivity index (χ4n) is 1.75. The highest BCUT2D eigenvalue weighted by Crippen LogP contribution is 2.29. The summed E-state index contributed by atoms with van der Waals surface area (Å²) in [6.45, 7) is 0. The largest absolute Gasteiger partial charge is 0.487 e. The molecule has 0 saturated heterocycles. The molecule has 0 aliphatic carbocycles. The minimum atomic E-state index is -0.511. The van der Waals surface area contributed by atoms with E-state index in [0.29, 0.717) is 11.1 Å². The molecule has 0 spiro atoms. The van der Waals surface area contributed by atoms with Crippen LogP contribution in [0.25, 0.3) is 0 Å². The van der Waals surface area contributed by atoms with Gasteiger partial charge < -0.3 is 9.84 Å². The number of fused-ring (bicyclic) bond motifs is 1. The smallest absolute Gasteiger partial charge is 0.126 e. The number of aryl methyl sites for hydroxylation is 1. The second-order valence-electron chi connectivity index (χ2n) is 3.67. The molecule has 1 aliphatic heterocycles. The van der Waals surface area contributed by atoms with Crippen molar-refractivity contribution in [2.45, 2.75) is 25.0 Å². The molecule has 1 aromatic carbocycles. The molecule has 1 N–H and O–H groups in total. The molecular weight excluding hydrogens is 263 g/mol. The second-order valence-corrected chi connectivity index (χ2v) is 4.32. The summed E-state index contributed by atoms with van der Waals surface area (Å²) >= 11 is 3.21. The Kier molecular flexibility index (Phi) is 3.26. The molecule has 0 aromatic heterocycles. The SMILES string of the molecule is OC(CBr)C1CCc2cc(F)ccc2O1. The Labute approximate surface area is 96.2 Å². The molecular formula is C11H12BrFO2. The lowest BCUT2D eigenvalue weighted by Crippen LogP contribution is -2.35. The van der Waals surface area contributed by atoms with Gasteiger partial charge in [-0.05, 0) is 36.6 Å². The standard InChI is InChI=1S/C11H12BrFO2/c12-6-9(14)11-3-1-7-5-8(13)2-4-10(7)15-11/h2,4-5,9,11,14H,1,3,6H2. The molecule has 0 amide bonds. The first-order chi connectivity index (χ1) is 7.20. The maximum absolute atomic E-state index is 12.9. The monoisotopic (exact) mass is 274 g/mol. The van der Waals surface area contributed by atoms with E-state index < -0.39 is 6.10 Å². The average Bonchev–Trinajstić information content (AvgIpc) is 2.27. The topological polar surface area (TPSA) is 29.5 Å². The summed E-state index contributed by atoms with van der Waals surface area (Å²) in [5.41, 5.74) is 0.882. The van der Waals surface area contributed by atoms with E-state index in [4.69, 9.17) is 4.74 Å². The Hall–Kier alpha value is -0.610. The molecule has 2 rings (SSSR count). The number of aliphatic hydroxyl groups is 1. The van der Waals surface area contributed by atoms with E-state index in [1.165, 1.54) is 12.1 Å². The van der Waals surface area contributed by atoms with Crippen molar-refractivity contribution in [2.24, 2.45) is 0 Å². The summed E-state index contributed by atoms with van der Waals surface area (Å²) in [6.07, 6.45) is 0.774. The van der Waals surface area contributed by atoms with Gasteiger partial charge in [-0.2, -0.15) is 0 Å². The lowest BCUT2D eigenvalue weighted by Gasteiger charge is -2.28. The first kappa shape index (κ1) is 10.9. The van der Waals surface area contributed by atoms with E-state index in [9.17, 15) is 9.50 Å². The van der Waals surface area contributed by atoms with E-state index in [1.807, 2.05) is 0 Å². The van der Waals surface area contributed by atoms with Gasteiger partial charge in [0, 0.05) is 5.33 Å². The molecule has 1 aliphatic rings. The lowest BCUT2D eigenvalue weighted by molar-refractivity contribution is 0.0392. The summed E-state index contributed by atoms with van der Waals surface area (Å²) in [4.78, 5) is 0. The predicted octanol–water partition coefficient (Wildman–Crippen LogP) is 2.28. The maximum Gasteiger partial charge on any atom is 0.126 e. The van der Waals surface area contributed by atoms with E-state index in [0.717, 1.165) is 18.4 Å². The van der Waals surface area contributed by atoms with Crippen molar-refractivity contribution in [3.05, 3.63) is 29.6 Å². The van der Waals surface area contributed by atoms with Crippen LogP contribution >= 0.6 is 15.9 Å². The molecule has 0 saturated carbocycles. The Bertz CT molecular complexity index is 356. The molecule has 1 heterocycles. The number of benzene rings is 1. The van der Waals surface area contributed by atoms with Crippen LogP contribution in [-0.2, 0) is 6.42 Å². The zero-order chi connectivity index (χ0) is 10.8. The van der Waals surface area contributed by atoms with Gasteiger partial charge in [0.15, 0.2) is 0 Å². The highest BCUT2D eigenvalue weighted by Gasteiger charge is 2.25. The number of aliphatic hydroxyl groups excluding tert-OH is 1. The van der Waals surface area contributed by atoms with Crippen LogP contribution in [0.1, 0.15) is 12.0 Å². The summed E-state index contributed by atoms with van der Waals surface area (Å²) in [6, 6.07) is 4.49. The molecule has 2 nitrogen and oxygen atoms in total. The van der Waals surface area contributed by atoms with Crippen LogP contribution in [0, 0.1) is 5.82 Å². The molecule has 2 unspecified atom stereocenters. The molecule has 0 fully saturated rings. The van der Waals surface area contributed by atoms with Crippen molar-refractivity contribution in [3.8, 4) is 5.75 Å². The number of alkyl halides is 1. The minimum Gasteiger partial charge on any atom is -0.487 e. The van der Waals surface area contributed by atoms with Crippen LogP contribution in [0.4, 0.5) is 4.39 Å². The second kappa shape index (κ2) is 4.49. The fraction of sp³-hybridized carbons (Fsp3) is 0.455. The summed E-state index contributed by atoms with van der Waals surface area (Å²) in [5, 5.41) is 10.1. The van der Waals surface area contributed by atoms with Crippen molar-refractivity contribution < 1.29 is 14.2 Å². The van der Waals surface area contributed by atoms with Crippen molar-refractivity contribution in [3.63, 3.8) is 0 Å². The molecule has 82 valence electrons. The van der Waals surface area contributed by atoms with Crippen LogP contribution in [-0.4, -0.2) is 22.6 Å². The van der Waals surface area contributed by atoms with E-state index in [2.05, 4.69) is 15.9 Å². The first-order valence-electron chi connectivity index (χ1n) is 4.90. The lowest BCUT2D eigenvalue weighted by atomic mass is 10.00. The third-order valence-corrected chi connectivity index (χ3v) is 3.25. The van der Waals surface area contributed by atoms with E-state index in [1.54, 1.807) is 6.07 Å². The predicted molar refractivity (Wildman–Crippen MR) is 58.9 cm³/mol. The van der Waals surface area contributed by atoms with Crippen molar-refractivity contribution in [2.75, 3.05) is 5.33 Å². The van der Waals surface area contributed by atoms with Gasteiger partial charge in [0.25, 0.3) is 0 Å². The summed E-state index contributed by atoms with van der Waals surface area (Å²) in [7, 11) is 0. The van der Waals surface area contributed by atoms with Crippen LogP contribution in [0.3, 0.4) is 0 Å². The fourth-order valence-corrected chi connectivity index (χ4v) is 2.17. The molecule has 1 aromatic rings. The first-order valence-corrected chi connectivity index (χ1v) is 6.02. The summed E-state index contributed by atoms with van der Waals surface area (Å²) < 4.78 is 18.5.